The molecular formula is C8H17B4NO6P+. The summed E-state index contributed by atoms with van der Waals surface area (Å²) in [6.07, 6.45) is 0. The van der Waals surface area contributed by atoms with Gasteiger partial charge in [0, 0.05) is 14.1 Å². The Labute approximate surface area is 121 Å². The number of aromatic hydroxyl groups is 2. The number of quaternary nitrogens is 1. The molecule has 0 bridgehead atoms. The Morgan fingerprint density at radius 1 is 1.25 bits per heavy atom. The van der Waals surface area contributed by atoms with E-state index >= 15 is 0 Å². The molecule has 1 rings (SSSR count). The molecule has 0 spiro atoms. The normalized spacial score (nSPS) is 14.3. The molecule has 1 aromatic rings. The van der Waals surface area contributed by atoms with Gasteiger partial charge in [-0.25, -0.2) is 4.57 Å². The molecule has 0 aliphatic carbocycles. The lowest BCUT2D eigenvalue weighted by Gasteiger charge is -2.28. The lowest BCUT2D eigenvalue weighted by molar-refractivity contribution is -0.658. The maximum Gasteiger partial charge on any atom is 0.543 e. The largest absolute Gasteiger partial charge is 0.543 e. The van der Waals surface area contributed by atoms with E-state index in [0.29, 0.717) is 9.77 Å². The Kier molecular flexibility index (Phi) is 5.79. The Balaban J connectivity index is 2.54. The van der Waals surface area contributed by atoms with E-state index < -0.39 is 7.82 Å². The predicted octanol–water partition coefficient (Wildman–Crippen LogP) is -2.55. The lowest BCUT2D eigenvalue weighted by atomic mass is 9.60. The maximum absolute atomic E-state index is 11.7. The standard InChI is InChI=1S/C8H16B4NO6P/c1-13(2,11-9)12-19-20(16,17)18-10-6-3-4-7(14)8(15)5-6/h3-5,10-12H,9H2,1-2H3,(H2-,14,15,16,17)/p+1. The Morgan fingerprint density at radius 3 is 2.45 bits per heavy atom. The van der Waals surface area contributed by atoms with Crippen molar-refractivity contribution in [2.45, 2.75) is 0 Å². The Bertz CT molecular complexity index is 516. The SMILES string of the molecule is BB[N+](C)(C)BOP(=O)(O)OBc1ccc(O)c(O)c1. The zero-order chi connectivity index (χ0) is 15.4. The van der Waals surface area contributed by atoms with Gasteiger partial charge in [-0.05, 0) is 17.6 Å². The van der Waals surface area contributed by atoms with Gasteiger partial charge in [-0.3, -0.25) is 4.44 Å². The molecule has 106 valence electrons. The molecule has 0 aliphatic rings. The second-order valence-corrected chi connectivity index (χ2v) is 6.53. The average molecular weight is 297 g/mol. The van der Waals surface area contributed by atoms with E-state index in [1.54, 1.807) is 0 Å². The van der Waals surface area contributed by atoms with E-state index in [9.17, 15) is 14.6 Å². The summed E-state index contributed by atoms with van der Waals surface area (Å²) in [6.45, 7) is 0. The number of benzene rings is 1. The minimum absolute atomic E-state index is 0.0467. The van der Waals surface area contributed by atoms with Crippen LogP contribution in [0.25, 0.3) is 0 Å². The fraction of sp³-hybridized carbons (Fsp3) is 0.250. The molecule has 12 heteroatoms. The number of hydrogen-bond acceptors (Lipinski definition) is 5. The van der Waals surface area contributed by atoms with E-state index in [1.165, 1.54) is 18.2 Å². The first-order valence-corrected chi connectivity index (χ1v) is 7.59. The van der Waals surface area contributed by atoms with Crippen molar-refractivity contribution in [1.82, 2.24) is 0 Å². The van der Waals surface area contributed by atoms with Crippen molar-refractivity contribution >= 4 is 43.4 Å². The molecular weight excluding hydrogens is 280 g/mol. The van der Waals surface area contributed by atoms with Crippen molar-refractivity contribution in [2.75, 3.05) is 14.1 Å². The Morgan fingerprint density at radius 2 is 1.90 bits per heavy atom. The number of phenolic OH excluding ortho intramolecular Hbond substituents is 2. The highest BCUT2D eigenvalue weighted by molar-refractivity contribution is 7.49. The molecule has 0 heterocycles. The van der Waals surface area contributed by atoms with Crippen LogP contribution in [-0.4, -0.2) is 63.6 Å². The smallest absolute Gasteiger partial charge is 0.504 e. The van der Waals surface area contributed by atoms with E-state index in [4.69, 9.17) is 14.0 Å². The molecule has 0 aromatic heterocycles. The number of hydrogen-bond donors (Lipinski definition) is 3. The minimum atomic E-state index is -4.15. The maximum atomic E-state index is 11.7. The van der Waals surface area contributed by atoms with Gasteiger partial charge >= 0.3 is 30.2 Å². The summed E-state index contributed by atoms with van der Waals surface area (Å²) in [7, 11) is 2.08. The van der Waals surface area contributed by atoms with Crippen LogP contribution in [0.5, 0.6) is 11.5 Å². The van der Waals surface area contributed by atoms with Crippen molar-refractivity contribution < 1.29 is 32.9 Å². The van der Waals surface area contributed by atoms with Crippen molar-refractivity contribution in [1.29, 1.82) is 0 Å². The third-order valence-electron chi connectivity index (χ3n) is 2.86. The topological polar surface area (TPSA) is 96.2 Å². The van der Waals surface area contributed by atoms with E-state index in [2.05, 4.69) is 0 Å². The van der Waals surface area contributed by atoms with Crippen LogP contribution < -0.4 is 5.46 Å². The molecule has 0 aliphatic heterocycles. The van der Waals surface area contributed by atoms with Gasteiger partial charge in [-0.2, -0.15) is 0 Å². The molecule has 3 N–H and O–H groups in total. The summed E-state index contributed by atoms with van der Waals surface area (Å²) in [5.41, 5.74) is 0.447. The fourth-order valence-corrected chi connectivity index (χ4v) is 2.02. The summed E-state index contributed by atoms with van der Waals surface area (Å²) in [5, 5.41) is 18.5. The summed E-state index contributed by atoms with van der Waals surface area (Å²) >= 11 is 0. The van der Waals surface area contributed by atoms with Gasteiger partial charge in [0.2, 0.25) is 0 Å². The van der Waals surface area contributed by atoms with Gasteiger partial charge in [-0.1, -0.05) is 6.07 Å². The molecule has 0 saturated carbocycles. The first kappa shape index (κ1) is 17.2. The summed E-state index contributed by atoms with van der Waals surface area (Å²) < 4.78 is 21.9. The number of phosphoric acid groups is 1. The molecule has 0 radical (unpaired) electrons. The van der Waals surface area contributed by atoms with Crippen LogP contribution in [0.3, 0.4) is 0 Å². The quantitative estimate of drug-likeness (QED) is 0.291. The first-order valence-electron chi connectivity index (χ1n) is 6.10. The summed E-state index contributed by atoms with van der Waals surface area (Å²) in [4.78, 5) is 9.55. The van der Waals surface area contributed by atoms with Gasteiger partial charge in [0.15, 0.2) is 19.2 Å². The predicted molar refractivity (Wildman–Crippen MR) is 83.5 cm³/mol. The third-order valence-corrected chi connectivity index (χ3v) is 3.76. The summed E-state index contributed by atoms with van der Waals surface area (Å²) in [6, 6.07) is 4.00. The number of rotatable bonds is 7. The highest BCUT2D eigenvalue weighted by Crippen LogP contribution is 2.42. The zero-order valence-corrected chi connectivity index (χ0v) is 12.7. The van der Waals surface area contributed by atoms with E-state index in [1.807, 2.05) is 21.8 Å². The molecule has 20 heavy (non-hydrogen) atoms. The second kappa shape index (κ2) is 6.74. The van der Waals surface area contributed by atoms with Crippen LogP contribution in [0.1, 0.15) is 0 Å². The molecule has 1 atom stereocenters. The van der Waals surface area contributed by atoms with Crippen LogP contribution >= 0.6 is 7.82 Å². The van der Waals surface area contributed by atoms with Gasteiger partial charge < -0.3 is 23.9 Å². The zero-order valence-electron chi connectivity index (χ0n) is 11.8. The fourth-order valence-electron chi connectivity index (χ4n) is 1.17. The molecule has 1 aromatic carbocycles. The first-order chi connectivity index (χ1) is 9.15. The van der Waals surface area contributed by atoms with E-state index in [-0.39, 0.29) is 26.6 Å². The van der Waals surface area contributed by atoms with Crippen LogP contribution in [0.2, 0.25) is 0 Å². The monoisotopic (exact) mass is 298 g/mol. The second-order valence-electron chi connectivity index (χ2n) is 5.08. The van der Waals surface area contributed by atoms with Crippen molar-refractivity contribution in [3.63, 3.8) is 0 Å². The highest BCUT2D eigenvalue weighted by Gasteiger charge is 2.28. The lowest BCUT2D eigenvalue weighted by Crippen LogP contribution is -2.47. The van der Waals surface area contributed by atoms with Crippen LogP contribution in [0.15, 0.2) is 18.2 Å². The van der Waals surface area contributed by atoms with E-state index in [0.717, 1.165) is 7.31 Å². The van der Waals surface area contributed by atoms with Gasteiger partial charge in [0.05, 0.1) is 0 Å². The Hall–Kier alpha value is -0.850. The molecule has 0 amide bonds. The van der Waals surface area contributed by atoms with Crippen molar-refractivity contribution in [2.24, 2.45) is 0 Å². The average Bonchev–Trinajstić information content (AvgIpc) is 2.38. The molecule has 0 fully saturated rings. The summed E-state index contributed by atoms with van der Waals surface area (Å²) in [5.74, 6) is -0.581. The number of nitrogens with zero attached hydrogens (tertiary/aromatic N) is 1. The minimum Gasteiger partial charge on any atom is -0.504 e. The van der Waals surface area contributed by atoms with Crippen molar-refractivity contribution in [3.05, 3.63) is 18.2 Å². The molecule has 1 unspecified atom stereocenters. The molecule has 0 saturated heterocycles. The van der Waals surface area contributed by atoms with Gasteiger partial charge in [0.25, 0.3) is 0 Å². The van der Waals surface area contributed by atoms with Crippen LogP contribution in [0, 0.1) is 0 Å². The third kappa shape index (κ3) is 5.64. The van der Waals surface area contributed by atoms with Crippen molar-refractivity contribution in [3.8, 4) is 11.5 Å². The van der Waals surface area contributed by atoms with Crippen LogP contribution in [0.4, 0.5) is 0 Å². The highest BCUT2D eigenvalue weighted by atomic mass is 31.2. The van der Waals surface area contributed by atoms with Gasteiger partial charge in [0.1, 0.15) is 0 Å². The number of phenols is 2. The molecule has 7 nitrogen and oxygen atoms in total. The van der Waals surface area contributed by atoms with Crippen LogP contribution in [-0.2, 0) is 13.4 Å². The van der Waals surface area contributed by atoms with Gasteiger partial charge in [-0.15, -0.1) is 0 Å².